The van der Waals surface area contributed by atoms with Gasteiger partial charge in [0, 0.05) is 26.1 Å². The summed E-state index contributed by atoms with van der Waals surface area (Å²) in [7, 11) is 0. The van der Waals surface area contributed by atoms with Crippen molar-refractivity contribution in [3.63, 3.8) is 0 Å². The first-order chi connectivity index (χ1) is 21.6. The van der Waals surface area contributed by atoms with Gasteiger partial charge in [0.15, 0.2) is 0 Å². The van der Waals surface area contributed by atoms with Crippen LogP contribution in [0, 0.1) is 5.92 Å². The molecule has 0 bridgehead atoms. The first-order valence-corrected chi connectivity index (χ1v) is 16.3. The first-order valence-electron chi connectivity index (χ1n) is 16.3. The van der Waals surface area contributed by atoms with Crippen molar-refractivity contribution in [3.05, 3.63) is 108 Å². The average molecular weight is 629 g/mol. The number of nitrogens with one attached hydrogen (secondary N) is 2. The molecule has 3 amide bonds. The van der Waals surface area contributed by atoms with Crippen molar-refractivity contribution in [2.45, 2.75) is 62.4 Å². The van der Waals surface area contributed by atoms with Gasteiger partial charge in [0.1, 0.15) is 12.1 Å². The van der Waals surface area contributed by atoms with Crippen LogP contribution < -0.4 is 10.6 Å². The molecule has 45 heavy (non-hydrogen) atoms. The normalized spacial score (nSPS) is 21.6. The third-order valence-corrected chi connectivity index (χ3v) is 9.88. The number of hydrogen-bond acceptors (Lipinski definition) is 4. The van der Waals surface area contributed by atoms with Crippen LogP contribution in [-0.4, -0.2) is 72.3 Å². The molecule has 0 spiro atoms. The minimum Gasteiger partial charge on any atom is -0.354 e. The molecular formula is C37H45ClN4O3. The summed E-state index contributed by atoms with van der Waals surface area (Å²) in [6.07, 6.45) is 5.30. The predicted octanol–water partition coefficient (Wildman–Crippen LogP) is 4.93. The van der Waals surface area contributed by atoms with Gasteiger partial charge < -0.3 is 20.4 Å². The van der Waals surface area contributed by atoms with Crippen molar-refractivity contribution in [2.24, 2.45) is 5.92 Å². The van der Waals surface area contributed by atoms with Crippen LogP contribution in [0.1, 0.15) is 61.6 Å². The van der Waals surface area contributed by atoms with Crippen molar-refractivity contribution >= 4 is 30.1 Å². The fourth-order valence-corrected chi connectivity index (χ4v) is 7.58. The SMILES string of the molecule is Cl.O=C(NCC1CCCNC1)C1CCCN1C(=O)[C@@H]1CCCN1C(=O)CC(c1ccccc1)(c1ccccc1)c1ccccc1. The van der Waals surface area contributed by atoms with Gasteiger partial charge in [-0.1, -0.05) is 91.0 Å². The maximum absolute atomic E-state index is 14.5. The molecule has 3 fully saturated rings. The van der Waals surface area contributed by atoms with Gasteiger partial charge in [0.25, 0.3) is 0 Å². The summed E-state index contributed by atoms with van der Waals surface area (Å²) in [5.41, 5.74) is 2.40. The first kappa shape index (κ1) is 32.7. The Balaban J connectivity index is 0.00000400. The molecule has 238 valence electrons. The third-order valence-electron chi connectivity index (χ3n) is 9.88. The minimum absolute atomic E-state index is 0. The van der Waals surface area contributed by atoms with Gasteiger partial charge in [0.05, 0.1) is 5.41 Å². The molecule has 2 unspecified atom stereocenters. The zero-order chi connectivity index (χ0) is 30.4. The highest BCUT2D eigenvalue weighted by Gasteiger charge is 2.45. The summed E-state index contributed by atoms with van der Waals surface area (Å²) in [4.78, 5) is 45.4. The van der Waals surface area contributed by atoms with E-state index >= 15 is 0 Å². The van der Waals surface area contributed by atoms with E-state index < -0.39 is 17.5 Å². The molecule has 3 heterocycles. The summed E-state index contributed by atoms with van der Waals surface area (Å²) in [6, 6.07) is 29.7. The number of amides is 3. The molecule has 8 heteroatoms. The number of carbonyl (C=O) groups excluding carboxylic acids is 3. The lowest BCUT2D eigenvalue weighted by Crippen LogP contribution is -2.54. The lowest BCUT2D eigenvalue weighted by Gasteiger charge is -2.38. The van der Waals surface area contributed by atoms with E-state index in [2.05, 4.69) is 47.0 Å². The summed E-state index contributed by atoms with van der Waals surface area (Å²) < 4.78 is 0. The van der Waals surface area contributed by atoms with Gasteiger partial charge in [-0.25, -0.2) is 0 Å². The van der Waals surface area contributed by atoms with E-state index in [9.17, 15) is 14.4 Å². The van der Waals surface area contributed by atoms with E-state index in [1.54, 1.807) is 9.80 Å². The number of rotatable bonds is 9. The molecule has 6 rings (SSSR count). The van der Waals surface area contributed by atoms with Crippen LogP contribution >= 0.6 is 12.4 Å². The molecule has 7 nitrogen and oxygen atoms in total. The lowest BCUT2D eigenvalue weighted by molar-refractivity contribution is -0.146. The Morgan fingerprint density at radius 1 is 0.711 bits per heavy atom. The monoisotopic (exact) mass is 628 g/mol. The van der Waals surface area contributed by atoms with Crippen LogP contribution in [0.3, 0.4) is 0 Å². The number of likely N-dealkylation sites (tertiary alicyclic amines) is 2. The number of halogens is 1. The van der Waals surface area contributed by atoms with E-state index in [0.717, 1.165) is 55.5 Å². The number of benzene rings is 3. The summed E-state index contributed by atoms with van der Waals surface area (Å²) in [6.45, 7) is 3.70. The summed E-state index contributed by atoms with van der Waals surface area (Å²) in [5.74, 6) is 0.244. The molecule has 3 saturated heterocycles. The van der Waals surface area contributed by atoms with Gasteiger partial charge >= 0.3 is 0 Å². The maximum atomic E-state index is 14.5. The van der Waals surface area contributed by atoms with Gasteiger partial charge in [0.2, 0.25) is 17.7 Å². The molecule has 3 aromatic carbocycles. The molecule has 3 aliphatic heterocycles. The molecule has 3 atom stereocenters. The zero-order valence-electron chi connectivity index (χ0n) is 25.9. The summed E-state index contributed by atoms with van der Waals surface area (Å²) >= 11 is 0. The molecule has 0 radical (unpaired) electrons. The second-order valence-electron chi connectivity index (χ2n) is 12.6. The fourth-order valence-electron chi connectivity index (χ4n) is 7.58. The topological polar surface area (TPSA) is 81.8 Å². The standard InChI is InChI=1S/C37H44N4O3.ClH/c42-34(25-37(29-14-4-1-5-15-29,30-16-6-2-7-17-30)31-18-8-3-9-19-31)40-23-12-21-33(40)36(44)41-24-11-20-32(41)35(43)39-27-28-13-10-22-38-26-28;/h1-9,14-19,28,32-33,38H,10-13,20-27H2,(H,39,43);1H/t28?,32?,33-;/m0./s1. The Morgan fingerprint density at radius 3 is 1.78 bits per heavy atom. The largest absolute Gasteiger partial charge is 0.354 e. The van der Waals surface area contributed by atoms with Crippen LogP contribution in [0.25, 0.3) is 0 Å². The van der Waals surface area contributed by atoms with E-state index in [0.29, 0.717) is 38.4 Å². The van der Waals surface area contributed by atoms with E-state index in [4.69, 9.17) is 0 Å². The van der Waals surface area contributed by atoms with Crippen LogP contribution in [0.2, 0.25) is 0 Å². The lowest BCUT2D eigenvalue weighted by atomic mass is 9.67. The molecule has 0 aromatic heterocycles. The molecule has 3 aliphatic rings. The van der Waals surface area contributed by atoms with Gasteiger partial charge in [-0.05, 0) is 74.2 Å². The van der Waals surface area contributed by atoms with Gasteiger partial charge in [-0.2, -0.15) is 0 Å². The Kier molecular flexibility index (Phi) is 11.0. The number of hydrogen-bond donors (Lipinski definition) is 2. The molecule has 3 aromatic rings. The smallest absolute Gasteiger partial charge is 0.246 e. The van der Waals surface area contributed by atoms with Crippen LogP contribution in [0.5, 0.6) is 0 Å². The van der Waals surface area contributed by atoms with Crippen molar-refractivity contribution < 1.29 is 14.4 Å². The molecule has 0 saturated carbocycles. The zero-order valence-corrected chi connectivity index (χ0v) is 26.7. The highest BCUT2D eigenvalue weighted by molar-refractivity contribution is 5.93. The Bertz CT molecular complexity index is 1320. The van der Waals surface area contributed by atoms with Crippen molar-refractivity contribution in [3.8, 4) is 0 Å². The Morgan fingerprint density at radius 2 is 1.24 bits per heavy atom. The Hall–Kier alpha value is -3.68. The Labute approximate surface area is 273 Å². The van der Waals surface area contributed by atoms with Gasteiger partial charge in [-0.15, -0.1) is 12.4 Å². The highest BCUT2D eigenvalue weighted by atomic mass is 35.5. The molecule has 2 N–H and O–H groups in total. The molecular weight excluding hydrogens is 584 g/mol. The maximum Gasteiger partial charge on any atom is 0.246 e. The number of carbonyl (C=O) groups is 3. The second kappa shape index (κ2) is 15.1. The van der Waals surface area contributed by atoms with Crippen molar-refractivity contribution in [1.29, 1.82) is 0 Å². The number of nitrogens with zero attached hydrogens (tertiary/aromatic N) is 2. The van der Waals surface area contributed by atoms with Crippen molar-refractivity contribution in [1.82, 2.24) is 20.4 Å². The van der Waals surface area contributed by atoms with E-state index in [-0.39, 0.29) is 36.5 Å². The quantitative estimate of drug-likeness (QED) is 0.329. The van der Waals surface area contributed by atoms with Gasteiger partial charge in [-0.3, -0.25) is 14.4 Å². The van der Waals surface area contributed by atoms with Crippen LogP contribution in [0.15, 0.2) is 91.0 Å². The van der Waals surface area contributed by atoms with E-state index in [1.807, 2.05) is 54.6 Å². The highest BCUT2D eigenvalue weighted by Crippen LogP contribution is 2.43. The predicted molar refractivity (Wildman–Crippen MR) is 179 cm³/mol. The van der Waals surface area contributed by atoms with E-state index in [1.165, 1.54) is 0 Å². The average Bonchev–Trinajstić information content (AvgIpc) is 3.79. The van der Waals surface area contributed by atoms with Crippen molar-refractivity contribution in [2.75, 3.05) is 32.7 Å². The van der Waals surface area contributed by atoms with Crippen LogP contribution in [-0.2, 0) is 19.8 Å². The molecule has 0 aliphatic carbocycles. The fraction of sp³-hybridized carbons (Fsp3) is 0.432. The van der Waals surface area contributed by atoms with Crippen LogP contribution in [0.4, 0.5) is 0 Å². The third kappa shape index (κ3) is 6.95. The number of piperidine rings is 1. The second-order valence-corrected chi connectivity index (χ2v) is 12.6. The minimum atomic E-state index is -0.721. The summed E-state index contributed by atoms with van der Waals surface area (Å²) in [5, 5.41) is 6.54.